The lowest BCUT2D eigenvalue weighted by atomic mass is 10.2. The van der Waals surface area contributed by atoms with Crippen LogP contribution in [0.2, 0.25) is 0 Å². The van der Waals surface area contributed by atoms with Gasteiger partial charge >= 0.3 is 0 Å². The van der Waals surface area contributed by atoms with Gasteiger partial charge in [-0.1, -0.05) is 0 Å². The number of nitrogens with zero attached hydrogens (tertiary/aromatic N) is 1. The Balaban J connectivity index is 1.94. The van der Waals surface area contributed by atoms with Crippen molar-refractivity contribution in [2.75, 3.05) is 13.7 Å². The number of aryl methyl sites for hydroxylation is 1. The smallest absolute Gasteiger partial charge is 0.251 e. The van der Waals surface area contributed by atoms with Gasteiger partial charge in [0.05, 0.1) is 6.54 Å². The molecule has 0 unspecified atom stereocenters. The van der Waals surface area contributed by atoms with Gasteiger partial charge in [0.25, 0.3) is 5.91 Å². The first kappa shape index (κ1) is 11.6. The minimum atomic E-state index is -0.203. The molecule has 4 heteroatoms. The number of hydrogen-bond donors (Lipinski definition) is 0. The molecule has 0 radical (unpaired) electrons. The number of carbonyl (C=O) groups excluding carboxylic acids is 1. The summed E-state index contributed by atoms with van der Waals surface area (Å²) in [7, 11) is 1.85. The molecular formula is C12H17NO2S. The van der Waals surface area contributed by atoms with E-state index in [1.54, 1.807) is 16.2 Å². The van der Waals surface area contributed by atoms with Crippen molar-refractivity contribution in [2.45, 2.75) is 32.4 Å². The number of amides is 1. The van der Waals surface area contributed by atoms with Crippen LogP contribution in [-0.4, -0.2) is 30.6 Å². The third-order valence-electron chi connectivity index (χ3n) is 2.93. The molecule has 1 saturated heterocycles. The predicted molar refractivity (Wildman–Crippen MR) is 64.5 cm³/mol. The normalized spacial score (nSPS) is 20.0. The van der Waals surface area contributed by atoms with Crippen LogP contribution in [0.1, 0.15) is 23.3 Å². The lowest BCUT2D eigenvalue weighted by molar-refractivity contribution is -0.140. The molecule has 3 nitrogen and oxygen atoms in total. The van der Waals surface area contributed by atoms with Gasteiger partial charge in [0.1, 0.15) is 6.10 Å². The van der Waals surface area contributed by atoms with Crippen molar-refractivity contribution in [3.8, 4) is 0 Å². The second-order valence-corrected chi connectivity index (χ2v) is 5.22. The highest BCUT2D eigenvalue weighted by Crippen LogP contribution is 2.19. The second kappa shape index (κ2) is 4.97. The molecule has 0 saturated carbocycles. The maximum Gasteiger partial charge on any atom is 0.251 e. The molecule has 2 heterocycles. The van der Waals surface area contributed by atoms with E-state index in [0.717, 1.165) is 19.4 Å². The first-order valence-corrected chi connectivity index (χ1v) is 6.46. The summed E-state index contributed by atoms with van der Waals surface area (Å²) in [4.78, 5) is 15.0. The van der Waals surface area contributed by atoms with Crippen LogP contribution in [0.15, 0.2) is 11.4 Å². The number of ether oxygens (including phenoxy) is 1. The molecule has 1 aromatic heterocycles. The molecule has 2 rings (SSSR count). The Labute approximate surface area is 100 Å². The van der Waals surface area contributed by atoms with Crippen molar-refractivity contribution in [3.63, 3.8) is 0 Å². The van der Waals surface area contributed by atoms with Gasteiger partial charge in [-0.05, 0) is 36.8 Å². The van der Waals surface area contributed by atoms with E-state index in [-0.39, 0.29) is 12.0 Å². The van der Waals surface area contributed by atoms with Crippen LogP contribution in [0.5, 0.6) is 0 Å². The lowest BCUT2D eigenvalue weighted by Crippen LogP contribution is -2.35. The molecule has 1 aliphatic rings. The summed E-state index contributed by atoms with van der Waals surface area (Å²) in [5.41, 5.74) is 1.26. The Morgan fingerprint density at radius 1 is 1.69 bits per heavy atom. The van der Waals surface area contributed by atoms with Crippen molar-refractivity contribution in [3.05, 3.63) is 21.9 Å². The first-order chi connectivity index (χ1) is 7.68. The van der Waals surface area contributed by atoms with Crippen LogP contribution in [0.25, 0.3) is 0 Å². The molecule has 1 aliphatic heterocycles. The SMILES string of the molecule is Cc1ccsc1CN(C)C(=O)[C@@H]1CCCO1. The van der Waals surface area contributed by atoms with Crippen molar-refractivity contribution in [1.29, 1.82) is 0 Å². The predicted octanol–water partition coefficient (Wildman–Crippen LogP) is 2.19. The number of likely N-dealkylation sites (N-methyl/N-ethyl adjacent to an activating group) is 1. The summed E-state index contributed by atoms with van der Waals surface area (Å²) in [5, 5.41) is 2.06. The highest BCUT2D eigenvalue weighted by molar-refractivity contribution is 7.10. The average Bonchev–Trinajstić information content (AvgIpc) is 2.89. The van der Waals surface area contributed by atoms with Gasteiger partial charge < -0.3 is 9.64 Å². The highest BCUT2D eigenvalue weighted by atomic mass is 32.1. The molecule has 1 fully saturated rings. The van der Waals surface area contributed by atoms with E-state index in [2.05, 4.69) is 18.4 Å². The molecule has 0 N–H and O–H groups in total. The Bertz CT molecular complexity index is 369. The first-order valence-electron chi connectivity index (χ1n) is 5.58. The Hall–Kier alpha value is -0.870. The molecule has 88 valence electrons. The molecule has 1 aromatic rings. The average molecular weight is 239 g/mol. The van der Waals surface area contributed by atoms with Crippen molar-refractivity contribution in [2.24, 2.45) is 0 Å². The zero-order valence-electron chi connectivity index (χ0n) is 9.73. The van der Waals surface area contributed by atoms with E-state index < -0.39 is 0 Å². The maximum atomic E-state index is 12.0. The number of rotatable bonds is 3. The number of carbonyl (C=O) groups is 1. The van der Waals surface area contributed by atoms with Crippen LogP contribution < -0.4 is 0 Å². The van der Waals surface area contributed by atoms with Crippen molar-refractivity contribution in [1.82, 2.24) is 4.90 Å². The number of hydrogen-bond acceptors (Lipinski definition) is 3. The molecule has 1 atom stereocenters. The van der Waals surface area contributed by atoms with Crippen LogP contribution in [0.4, 0.5) is 0 Å². The van der Waals surface area contributed by atoms with Gasteiger partial charge in [-0.3, -0.25) is 4.79 Å². The summed E-state index contributed by atoms with van der Waals surface area (Å²) >= 11 is 1.70. The van der Waals surface area contributed by atoms with E-state index in [0.29, 0.717) is 6.54 Å². The van der Waals surface area contributed by atoms with Gasteiger partial charge in [0.15, 0.2) is 0 Å². The van der Waals surface area contributed by atoms with Crippen LogP contribution in [0.3, 0.4) is 0 Å². The highest BCUT2D eigenvalue weighted by Gasteiger charge is 2.26. The van der Waals surface area contributed by atoms with Gasteiger partial charge in [-0.25, -0.2) is 0 Å². The van der Waals surface area contributed by atoms with E-state index in [4.69, 9.17) is 4.74 Å². The van der Waals surface area contributed by atoms with Crippen LogP contribution in [-0.2, 0) is 16.1 Å². The minimum absolute atomic E-state index is 0.116. The quantitative estimate of drug-likeness (QED) is 0.809. The molecule has 0 spiro atoms. The third-order valence-corrected chi connectivity index (χ3v) is 3.94. The molecule has 0 aliphatic carbocycles. The fourth-order valence-electron chi connectivity index (χ4n) is 1.88. The summed E-state index contributed by atoms with van der Waals surface area (Å²) in [6, 6.07) is 2.09. The van der Waals surface area contributed by atoms with E-state index >= 15 is 0 Å². The maximum absolute atomic E-state index is 12.0. The molecular weight excluding hydrogens is 222 g/mol. The van der Waals surface area contributed by atoms with E-state index in [9.17, 15) is 4.79 Å². The fourth-order valence-corrected chi connectivity index (χ4v) is 2.84. The van der Waals surface area contributed by atoms with Crippen molar-refractivity contribution >= 4 is 17.2 Å². The second-order valence-electron chi connectivity index (χ2n) is 4.22. The van der Waals surface area contributed by atoms with Crippen molar-refractivity contribution < 1.29 is 9.53 Å². The van der Waals surface area contributed by atoms with Crippen LogP contribution >= 0.6 is 11.3 Å². The minimum Gasteiger partial charge on any atom is -0.368 e. The Morgan fingerprint density at radius 3 is 3.06 bits per heavy atom. The monoisotopic (exact) mass is 239 g/mol. The zero-order valence-corrected chi connectivity index (χ0v) is 10.5. The third kappa shape index (κ3) is 2.44. The standard InChI is InChI=1S/C12H17NO2S/c1-9-5-7-16-11(9)8-13(2)12(14)10-4-3-6-15-10/h5,7,10H,3-4,6,8H2,1-2H3/t10-/m0/s1. The van der Waals surface area contributed by atoms with Gasteiger partial charge in [0, 0.05) is 18.5 Å². The summed E-state index contributed by atoms with van der Waals surface area (Å²) in [6.07, 6.45) is 1.67. The molecule has 0 bridgehead atoms. The topological polar surface area (TPSA) is 29.5 Å². The summed E-state index contributed by atoms with van der Waals surface area (Å²) < 4.78 is 5.40. The van der Waals surface area contributed by atoms with Gasteiger partial charge in [0.2, 0.25) is 0 Å². The van der Waals surface area contributed by atoms with Gasteiger partial charge in [-0.15, -0.1) is 11.3 Å². The summed E-state index contributed by atoms with van der Waals surface area (Å²) in [6.45, 7) is 3.50. The molecule has 16 heavy (non-hydrogen) atoms. The largest absolute Gasteiger partial charge is 0.368 e. The van der Waals surface area contributed by atoms with Crippen LogP contribution in [0, 0.1) is 6.92 Å². The van der Waals surface area contributed by atoms with E-state index in [1.165, 1.54) is 10.4 Å². The Kier molecular flexibility index (Phi) is 3.61. The Morgan fingerprint density at radius 2 is 2.50 bits per heavy atom. The lowest BCUT2D eigenvalue weighted by Gasteiger charge is -2.20. The zero-order chi connectivity index (χ0) is 11.5. The summed E-state index contributed by atoms with van der Waals surface area (Å²) in [5.74, 6) is 0.116. The molecule has 1 amide bonds. The number of thiophene rings is 1. The molecule has 0 aromatic carbocycles. The van der Waals surface area contributed by atoms with E-state index in [1.807, 2.05) is 7.05 Å². The fraction of sp³-hybridized carbons (Fsp3) is 0.583. The van der Waals surface area contributed by atoms with Gasteiger partial charge in [-0.2, -0.15) is 0 Å².